The zero-order valence-corrected chi connectivity index (χ0v) is 9.15. The molecule has 14 heavy (non-hydrogen) atoms. The van der Waals surface area contributed by atoms with Gasteiger partial charge in [0.1, 0.15) is 0 Å². The van der Waals surface area contributed by atoms with E-state index < -0.39 is 0 Å². The van der Waals surface area contributed by atoms with Gasteiger partial charge in [0, 0.05) is 19.3 Å². The summed E-state index contributed by atoms with van der Waals surface area (Å²) in [6.07, 6.45) is 7.79. The van der Waals surface area contributed by atoms with Crippen molar-refractivity contribution < 1.29 is 5.21 Å². The van der Waals surface area contributed by atoms with E-state index in [4.69, 9.17) is 5.21 Å². The van der Waals surface area contributed by atoms with Crippen molar-refractivity contribution in [2.75, 3.05) is 19.6 Å². The van der Waals surface area contributed by atoms with Gasteiger partial charge in [-0.05, 0) is 25.8 Å². The predicted molar refractivity (Wildman–Crippen MR) is 61.1 cm³/mol. The molecule has 0 aliphatic heterocycles. The van der Waals surface area contributed by atoms with Crippen LogP contribution in [0.25, 0.3) is 0 Å². The van der Waals surface area contributed by atoms with E-state index in [1.165, 1.54) is 12.8 Å². The fraction of sp³-hybridized carbons (Fsp3) is 0.727. The van der Waals surface area contributed by atoms with Crippen LogP contribution in [0.3, 0.4) is 0 Å². The van der Waals surface area contributed by atoms with Gasteiger partial charge in [-0.1, -0.05) is 19.4 Å². The van der Waals surface area contributed by atoms with Crippen molar-refractivity contribution in [3.63, 3.8) is 0 Å². The molecule has 82 valence electrons. The summed E-state index contributed by atoms with van der Waals surface area (Å²) in [6, 6.07) is 0. The van der Waals surface area contributed by atoms with E-state index in [0.717, 1.165) is 32.5 Å². The maximum atomic E-state index is 8.27. The summed E-state index contributed by atoms with van der Waals surface area (Å²) in [6.45, 7) is 9.07. The summed E-state index contributed by atoms with van der Waals surface area (Å²) >= 11 is 0. The minimum absolute atomic E-state index is 0.817. The fourth-order valence-corrected chi connectivity index (χ4v) is 1.29. The molecule has 0 saturated carbocycles. The van der Waals surface area contributed by atoms with E-state index in [1.54, 1.807) is 6.21 Å². The fourth-order valence-electron chi connectivity index (χ4n) is 1.29. The molecule has 0 aromatic carbocycles. The van der Waals surface area contributed by atoms with Crippen molar-refractivity contribution in [2.24, 2.45) is 5.16 Å². The standard InChI is InChI=1S/C11H22N2O/c1-3-5-9-13(10-6-4-2)11-7-8-12-14/h3,8,14H,1,4-7,9-11H2,2H3/b12-8+. The zero-order valence-electron chi connectivity index (χ0n) is 9.15. The highest BCUT2D eigenvalue weighted by atomic mass is 16.4. The predicted octanol–water partition coefficient (Wildman–Crippen LogP) is 2.51. The number of unbranched alkanes of at least 4 members (excludes halogenated alkanes) is 1. The SMILES string of the molecule is C=CCCN(CC/C=N/O)CCCC. The quantitative estimate of drug-likeness (QED) is 0.267. The second-order valence-corrected chi connectivity index (χ2v) is 3.36. The molecule has 1 N–H and O–H groups in total. The molecule has 3 nitrogen and oxygen atoms in total. The van der Waals surface area contributed by atoms with Crippen molar-refractivity contribution in [1.29, 1.82) is 0 Å². The topological polar surface area (TPSA) is 35.8 Å². The van der Waals surface area contributed by atoms with Crippen LogP contribution in [0.4, 0.5) is 0 Å². The van der Waals surface area contributed by atoms with Gasteiger partial charge in [0.15, 0.2) is 0 Å². The van der Waals surface area contributed by atoms with Gasteiger partial charge >= 0.3 is 0 Å². The lowest BCUT2D eigenvalue weighted by molar-refractivity contribution is 0.280. The van der Waals surface area contributed by atoms with Crippen LogP contribution in [-0.2, 0) is 0 Å². The Kier molecular flexibility index (Phi) is 9.64. The van der Waals surface area contributed by atoms with Crippen LogP contribution in [-0.4, -0.2) is 36.0 Å². The minimum Gasteiger partial charge on any atom is -0.411 e. The lowest BCUT2D eigenvalue weighted by Crippen LogP contribution is -2.27. The van der Waals surface area contributed by atoms with Crippen LogP contribution in [0.5, 0.6) is 0 Å². The summed E-state index contributed by atoms with van der Waals surface area (Å²) in [5.41, 5.74) is 0. The van der Waals surface area contributed by atoms with E-state index in [0.29, 0.717) is 0 Å². The molecule has 0 unspecified atom stereocenters. The molecule has 0 saturated heterocycles. The van der Waals surface area contributed by atoms with Gasteiger partial charge in [-0.15, -0.1) is 11.7 Å². The van der Waals surface area contributed by atoms with E-state index >= 15 is 0 Å². The zero-order chi connectivity index (χ0) is 10.6. The molecule has 0 amide bonds. The average molecular weight is 198 g/mol. The first-order valence-corrected chi connectivity index (χ1v) is 5.34. The van der Waals surface area contributed by atoms with Crippen molar-refractivity contribution in [1.82, 2.24) is 4.90 Å². The van der Waals surface area contributed by atoms with E-state index in [9.17, 15) is 0 Å². The van der Waals surface area contributed by atoms with Gasteiger partial charge in [-0.25, -0.2) is 0 Å². The molecule has 0 radical (unpaired) electrons. The van der Waals surface area contributed by atoms with Gasteiger partial charge in [-0.3, -0.25) is 0 Å². The Morgan fingerprint density at radius 2 is 2.00 bits per heavy atom. The summed E-state index contributed by atoms with van der Waals surface area (Å²) in [5.74, 6) is 0. The van der Waals surface area contributed by atoms with E-state index in [1.807, 2.05) is 6.08 Å². The number of oxime groups is 1. The van der Waals surface area contributed by atoms with E-state index in [2.05, 4.69) is 23.6 Å². The second-order valence-electron chi connectivity index (χ2n) is 3.36. The van der Waals surface area contributed by atoms with Gasteiger partial charge in [0.25, 0.3) is 0 Å². The van der Waals surface area contributed by atoms with Crippen molar-refractivity contribution in [3.05, 3.63) is 12.7 Å². The molecule has 0 aliphatic carbocycles. The van der Waals surface area contributed by atoms with Crippen molar-refractivity contribution >= 4 is 6.21 Å². The van der Waals surface area contributed by atoms with Crippen molar-refractivity contribution in [2.45, 2.75) is 32.6 Å². The first kappa shape index (κ1) is 13.2. The molecule has 0 bridgehead atoms. The Balaban J connectivity index is 3.65. The highest BCUT2D eigenvalue weighted by Crippen LogP contribution is 1.98. The average Bonchev–Trinajstić information content (AvgIpc) is 2.21. The van der Waals surface area contributed by atoms with Crippen LogP contribution in [0.1, 0.15) is 32.6 Å². The number of hydrogen-bond donors (Lipinski definition) is 1. The third-order valence-corrected chi connectivity index (χ3v) is 2.13. The van der Waals surface area contributed by atoms with Crippen LogP contribution in [0, 0.1) is 0 Å². The van der Waals surface area contributed by atoms with Gasteiger partial charge in [0.2, 0.25) is 0 Å². The molecule has 0 fully saturated rings. The molecule has 0 aromatic rings. The lowest BCUT2D eigenvalue weighted by atomic mass is 10.2. The largest absolute Gasteiger partial charge is 0.411 e. The monoisotopic (exact) mass is 198 g/mol. The lowest BCUT2D eigenvalue weighted by Gasteiger charge is -2.20. The highest BCUT2D eigenvalue weighted by Gasteiger charge is 2.01. The smallest absolute Gasteiger partial charge is 0.0448 e. The second kappa shape index (κ2) is 10.3. The van der Waals surface area contributed by atoms with Crippen LogP contribution in [0.2, 0.25) is 0 Å². The Morgan fingerprint density at radius 1 is 1.29 bits per heavy atom. The number of hydrogen-bond acceptors (Lipinski definition) is 3. The number of nitrogens with zero attached hydrogens (tertiary/aromatic N) is 2. The molecule has 0 rings (SSSR count). The Labute approximate surface area is 87.1 Å². The molecule has 0 heterocycles. The summed E-state index contributed by atoms with van der Waals surface area (Å²) in [5, 5.41) is 11.3. The maximum Gasteiger partial charge on any atom is 0.0448 e. The van der Waals surface area contributed by atoms with Gasteiger partial charge in [0.05, 0.1) is 0 Å². The normalized spacial score (nSPS) is 11.3. The summed E-state index contributed by atoms with van der Waals surface area (Å²) in [4.78, 5) is 2.38. The minimum atomic E-state index is 0.817. The highest BCUT2D eigenvalue weighted by molar-refractivity contribution is 5.56. The molecular weight excluding hydrogens is 176 g/mol. The van der Waals surface area contributed by atoms with Crippen molar-refractivity contribution in [3.8, 4) is 0 Å². The maximum absolute atomic E-state index is 8.27. The van der Waals surface area contributed by atoms with Crippen LogP contribution < -0.4 is 0 Å². The van der Waals surface area contributed by atoms with Gasteiger partial charge < -0.3 is 10.1 Å². The molecule has 0 atom stereocenters. The molecule has 0 aliphatic rings. The summed E-state index contributed by atoms with van der Waals surface area (Å²) in [7, 11) is 0. The summed E-state index contributed by atoms with van der Waals surface area (Å²) < 4.78 is 0. The third kappa shape index (κ3) is 7.80. The van der Waals surface area contributed by atoms with Crippen LogP contribution in [0.15, 0.2) is 17.8 Å². The Morgan fingerprint density at radius 3 is 2.57 bits per heavy atom. The first-order chi connectivity index (χ1) is 6.85. The Hall–Kier alpha value is -0.830. The molecule has 0 aromatic heterocycles. The third-order valence-electron chi connectivity index (χ3n) is 2.13. The Bertz CT molecular complexity index is 157. The van der Waals surface area contributed by atoms with E-state index in [-0.39, 0.29) is 0 Å². The molecule has 3 heteroatoms. The van der Waals surface area contributed by atoms with Crippen LogP contribution >= 0.6 is 0 Å². The number of rotatable bonds is 9. The molecule has 0 spiro atoms. The van der Waals surface area contributed by atoms with Gasteiger partial charge in [-0.2, -0.15) is 0 Å². The molecular formula is C11H22N2O. The first-order valence-electron chi connectivity index (χ1n) is 5.34.